The van der Waals surface area contributed by atoms with Gasteiger partial charge in [0.2, 0.25) is 5.91 Å². The number of carbonyl (C=O) groups excluding carboxylic acids is 2. The number of aliphatic hydroxyl groups is 5. The molecule has 11 heteroatoms. The van der Waals surface area contributed by atoms with Crippen LogP contribution >= 0.6 is 0 Å². The highest BCUT2D eigenvalue weighted by atomic mass is 16.7. The van der Waals surface area contributed by atoms with Crippen LogP contribution in [0.5, 0.6) is 0 Å². The van der Waals surface area contributed by atoms with Crippen LogP contribution in [0.2, 0.25) is 0 Å². The van der Waals surface area contributed by atoms with Gasteiger partial charge in [-0.15, -0.1) is 0 Å². The van der Waals surface area contributed by atoms with Crippen molar-refractivity contribution in [3.63, 3.8) is 0 Å². The van der Waals surface area contributed by atoms with Crippen LogP contribution in [0.4, 0.5) is 0 Å². The van der Waals surface area contributed by atoms with Crippen molar-refractivity contribution in [2.45, 2.75) is 320 Å². The summed E-state index contributed by atoms with van der Waals surface area (Å²) in [5, 5.41) is 57.0. The first-order valence-corrected chi connectivity index (χ1v) is 32.4. The molecular formula is C68H119NO10. The average molecular weight is 1110 g/mol. The van der Waals surface area contributed by atoms with E-state index in [2.05, 4.69) is 44.3 Å². The van der Waals surface area contributed by atoms with Crippen molar-refractivity contribution < 1.29 is 49.3 Å². The summed E-state index contributed by atoms with van der Waals surface area (Å²) in [6, 6.07) is -1.05. The third kappa shape index (κ3) is 43.2. The molecule has 8 unspecified atom stereocenters. The maximum Gasteiger partial charge on any atom is 0.306 e. The minimum absolute atomic E-state index is 0.116. The number of hydrogen-bond donors (Lipinski definition) is 6. The van der Waals surface area contributed by atoms with E-state index in [9.17, 15) is 35.1 Å². The van der Waals surface area contributed by atoms with Gasteiger partial charge in [0.1, 0.15) is 24.4 Å². The Morgan fingerprint density at radius 2 is 0.924 bits per heavy atom. The van der Waals surface area contributed by atoms with E-state index in [1.165, 1.54) is 161 Å². The van der Waals surface area contributed by atoms with Gasteiger partial charge in [0.05, 0.1) is 25.4 Å². The summed E-state index contributed by atoms with van der Waals surface area (Å²) in [7, 11) is 0. The number of allylic oxidation sites excluding steroid dienone is 13. The molecule has 456 valence electrons. The fraction of sp³-hybridized carbons (Fsp3) is 0.765. The summed E-state index contributed by atoms with van der Waals surface area (Å²) in [6.45, 7) is 5.63. The van der Waals surface area contributed by atoms with E-state index in [4.69, 9.17) is 14.2 Å². The summed E-state index contributed by atoms with van der Waals surface area (Å²) < 4.78 is 17.6. The molecule has 8 atom stereocenters. The lowest BCUT2D eigenvalue weighted by atomic mass is 9.99. The molecule has 0 aromatic carbocycles. The third-order valence-electron chi connectivity index (χ3n) is 14.9. The summed E-state index contributed by atoms with van der Waals surface area (Å²) in [5.74, 6) is -1.24. The Morgan fingerprint density at radius 3 is 1.41 bits per heavy atom. The van der Waals surface area contributed by atoms with Gasteiger partial charge < -0.3 is 45.1 Å². The molecule has 1 amide bonds. The van der Waals surface area contributed by atoms with Crippen molar-refractivity contribution in [1.82, 2.24) is 5.32 Å². The second-order valence-electron chi connectivity index (χ2n) is 22.2. The Labute approximate surface area is 483 Å². The Morgan fingerprint density at radius 1 is 0.506 bits per heavy atom. The SMILES string of the molecule is CC/C=C/C=C/C=C\C=C/C=C/CCCCC(O)C(=O)NC(COC1OC(CO)C(O)C(O)C1OC(=O)CCCCCCCCCCCCCCC/C=C/CCCCCCCC)C(O)/C=C/CCCCCCCCCCCCC. The highest BCUT2D eigenvalue weighted by Crippen LogP contribution is 2.26. The highest BCUT2D eigenvalue weighted by molar-refractivity contribution is 5.80. The van der Waals surface area contributed by atoms with Gasteiger partial charge in [-0.25, -0.2) is 0 Å². The lowest BCUT2D eigenvalue weighted by molar-refractivity contribution is -0.305. The fourth-order valence-electron chi connectivity index (χ4n) is 9.79. The van der Waals surface area contributed by atoms with E-state index < -0.39 is 67.4 Å². The maximum absolute atomic E-state index is 13.4. The largest absolute Gasteiger partial charge is 0.454 e. The normalized spacial score (nSPS) is 19.4. The van der Waals surface area contributed by atoms with Gasteiger partial charge in [-0.2, -0.15) is 0 Å². The van der Waals surface area contributed by atoms with Crippen molar-refractivity contribution in [1.29, 1.82) is 0 Å². The van der Waals surface area contributed by atoms with Crippen LogP contribution in [0.25, 0.3) is 0 Å². The molecule has 0 saturated carbocycles. The molecule has 0 bridgehead atoms. The number of ether oxygens (including phenoxy) is 3. The second-order valence-corrected chi connectivity index (χ2v) is 22.2. The zero-order valence-corrected chi connectivity index (χ0v) is 50.5. The first kappa shape index (κ1) is 73.9. The van der Waals surface area contributed by atoms with Crippen molar-refractivity contribution in [2.24, 2.45) is 0 Å². The van der Waals surface area contributed by atoms with Gasteiger partial charge in [-0.1, -0.05) is 279 Å². The van der Waals surface area contributed by atoms with Gasteiger partial charge in [0, 0.05) is 6.42 Å². The first-order chi connectivity index (χ1) is 38.7. The first-order valence-electron chi connectivity index (χ1n) is 32.4. The average Bonchev–Trinajstić information content (AvgIpc) is 3.49. The predicted molar refractivity (Wildman–Crippen MR) is 329 cm³/mol. The topological polar surface area (TPSA) is 175 Å². The predicted octanol–water partition coefficient (Wildman–Crippen LogP) is 15.7. The molecule has 0 aliphatic carbocycles. The lowest BCUT2D eigenvalue weighted by Crippen LogP contribution is -2.61. The van der Waals surface area contributed by atoms with Gasteiger partial charge in [0.25, 0.3) is 0 Å². The van der Waals surface area contributed by atoms with Crippen LogP contribution in [0.3, 0.4) is 0 Å². The molecule has 0 aromatic rings. The van der Waals surface area contributed by atoms with Crippen LogP contribution in [-0.4, -0.2) is 99.6 Å². The Hall–Kier alpha value is -3.16. The number of amides is 1. The van der Waals surface area contributed by atoms with Gasteiger partial charge in [-0.3, -0.25) is 9.59 Å². The van der Waals surface area contributed by atoms with Crippen molar-refractivity contribution in [3.05, 3.63) is 85.1 Å². The number of aliphatic hydroxyl groups excluding tert-OH is 5. The molecule has 6 N–H and O–H groups in total. The zero-order valence-electron chi connectivity index (χ0n) is 50.5. The molecule has 1 aliphatic rings. The number of hydrogen-bond acceptors (Lipinski definition) is 10. The van der Waals surface area contributed by atoms with E-state index in [1.807, 2.05) is 60.8 Å². The van der Waals surface area contributed by atoms with Gasteiger partial charge >= 0.3 is 5.97 Å². The highest BCUT2D eigenvalue weighted by Gasteiger charge is 2.47. The standard InChI is InChI=1S/C68H119NO10/c1-4-7-10-13-16-19-22-25-27-28-29-30-31-32-33-34-35-38-41-44-47-50-53-56-63(73)79-66-65(75)64(74)62(57-70)78-68(66)77-58-59(60(71)54-51-48-45-42-39-36-24-21-18-15-12-9-6-3)69-67(76)61(72)55-52-49-46-43-40-37-26-23-20-17-14-11-8-5-2/h8,11,14,17,20,23,25-27,37,40,43,51,54,59-62,64-66,68,70-72,74-75H,4-7,9-10,12-13,15-16,18-19,21-22,24,28-36,38-39,41-42,44-50,52-53,55-58H2,1-3H3,(H,69,76)/b11-8+,17-14+,23-20-,27-25+,37-26-,43-40+,54-51+. The quantitative estimate of drug-likeness (QED) is 0.0149. The van der Waals surface area contributed by atoms with E-state index in [1.54, 1.807) is 6.08 Å². The maximum atomic E-state index is 13.4. The molecule has 1 rings (SSSR count). The molecule has 1 fully saturated rings. The summed E-state index contributed by atoms with van der Waals surface area (Å²) in [4.78, 5) is 26.6. The number of unbranched alkanes of at least 4 members (excludes halogenated alkanes) is 32. The third-order valence-corrected chi connectivity index (χ3v) is 14.9. The molecule has 79 heavy (non-hydrogen) atoms. The molecule has 0 radical (unpaired) electrons. The summed E-state index contributed by atoms with van der Waals surface area (Å²) in [6.07, 6.45) is 62.0. The van der Waals surface area contributed by atoms with Gasteiger partial charge in [0.15, 0.2) is 12.4 Å². The number of esters is 1. The number of nitrogens with one attached hydrogen (secondary N) is 1. The number of rotatable bonds is 54. The lowest BCUT2D eigenvalue weighted by Gasteiger charge is -2.41. The van der Waals surface area contributed by atoms with Crippen molar-refractivity contribution in [3.8, 4) is 0 Å². The molecule has 1 saturated heterocycles. The van der Waals surface area contributed by atoms with Crippen molar-refractivity contribution in [2.75, 3.05) is 13.2 Å². The fourth-order valence-corrected chi connectivity index (χ4v) is 9.79. The summed E-state index contributed by atoms with van der Waals surface area (Å²) >= 11 is 0. The molecule has 0 aromatic heterocycles. The van der Waals surface area contributed by atoms with Crippen LogP contribution in [0.15, 0.2) is 85.1 Å². The molecular weight excluding hydrogens is 991 g/mol. The van der Waals surface area contributed by atoms with Crippen LogP contribution in [0, 0.1) is 0 Å². The van der Waals surface area contributed by atoms with Crippen LogP contribution in [-0.2, 0) is 23.8 Å². The monoisotopic (exact) mass is 1110 g/mol. The smallest absolute Gasteiger partial charge is 0.306 e. The molecule has 11 nitrogen and oxygen atoms in total. The molecule has 0 spiro atoms. The Bertz CT molecular complexity index is 1610. The molecule has 1 aliphatic heterocycles. The second kappa shape index (κ2) is 55.4. The van der Waals surface area contributed by atoms with Crippen molar-refractivity contribution >= 4 is 11.9 Å². The Balaban J connectivity index is 2.64. The minimum atomic E-state index is -1.62. The summed E-state index contributed by atoms with van der Waals surface area (Å²) in [5.41, 5.74) is 0. The van der Waals surface area contributed by atoms with Gasteiger partial charge in [-0.05, 0) is 70.6 Å². The van der Waals surface area contributed by atoms with E-state index in [0.29, 0.717) is 12.8 Å². The minimum Gasteiger partial charge on any atom is -0.454 e. The van der Waals surface area contributed by atoms with Crippen LogP contribution < -0.4 is 5.32 Å². The van der Waals surface area contributed by atoms with E-state index >= 15 is 0 Å². The Kier molecular flexibility index (Phi) is 51.8. The number of carbonyl (C=O) groups is 2. The van der Waals surface area contributed by atoms with E-state index in [-0.39, 0.29) is 19.4 Å². The van der Waals surface area contributed by atoms with Crippen LogP contribution in [0.1, 0.15) is 271 Å². The molecule has 1 heterocycles. The van der Waals surface area contributed by atoms with E-state index in [0.717, 1.165) is 64.2 Å². The zero-order chi connectivity index (χ0) is 57.5.